The van der Waals surface area contributed by atoms with Gasteiger partial charge in [-0.15, -0.1) is 11.8 Å². The molecule has 2 aromatic rings. The standard InChI is InChI=1S/C16H14Cl2OS/c1-12-7-9-14(10-8-12)15(19)16(17,18)20-11-13-5-3-2-4-6-13/h2-10H,11H2,1H3. The molecular formula is C16H14Cl2OS. The molecule has 0 aromatic heterocycles. The van der Waals surface area contributed by atoms with E-state index in [2.05, 4.69) is 0 Å². The van der Waals surface area contributed by atoms with Gasteiger partial charge in [0, 0.05) is 11.3 Å². The molecule has 2 rings (SSSR count). The summed E-state index contributed by atoms with van der Waals surface area (Å²) in [5, 5.41) is 0. The number of aryl methyl sites for hydroxylation is 1. The van der Waals surface area contributed by atoms with E-state index in [1.165, 1.54) is 11.8 Å². The van der Waals surface area contributed by atoms with E-state index in [1.807, 2.05) is 49.4 Å². The van der Waals surface area contributed by atoms with Crippen LogP contribution in [0.5, 0.6) is 0 Å². The van der Waals surface area contributed by atoms with Gasteiger partial charge in [0.2, 0.25) is 9.45 Å². The molecule has 104 valence electrons. The van der Waals surface area contributed by atoms with Crippen LogP contribution in [0.2, 0.25) is 0 Å². The Morgan fingerprint density at radius 3 is 2.25 bits per heavy atom. The van der Waals surface area contributed by atoms with Crippen LogP contribution < -0.4 is 0 Å². The number of rotatable bonds is 5. The molecule has 0 amide bonds. The van der Waals surface area contributed by atoms with Gasteiger partial charge >= 0.3 is 0 Å². The molecule has 0 bridgehead atoms. The van der Waals surface area contributed by atoms with Crippen LogP contribution in [-0.4, -0.2) is 9.45 Å². The highest BCUT2D eigenvalue weighted by molar-refractivity contribution is 8.03. The van der Waals surface area contributed by atoms with Gasteiger partial charge in [-0.1, -0.05) is 83.4 Å². The maximum absolute atomic E-state index is 12.3. The number of carbonyl (C=O) groups is 1. The summed E-state index contributed by atoms with van der Waals surface area (Å²) >= 11 is 13.6. The van der Waals surface area contributed by atoms with Crippen LogP contribution in [-0.2, 0) is 5.75 Å². The minimum absolute atomic E-state index is 0.276. The third kappa shape index (κ3) is 4.02. The van der Waals surface area contributed by atoms with Crippen LogP contribution in [0.3, 0.4) is 0 Å². The zero-order chi connectivity index (χ0) is 14.6. The first-order valence-electron chi connectivity index (χ1n) is 6.16. The number of Topliss-reactive ketones (excluding diaryl/α,β-unsaturated/α-hetero) is 1. The van der Waals surface area contributed by atoms with Gasteiger partial charge in [-0.3, -0.25) is 4.79 Å². The van der Waals surface area contributed by atoms with Gasteiger partial charge < -0.3 is 0 Å². The first-order valence-corrected chi connectivity index (χ1v) is 7.90. The van der Waals surface area contributed by atoms with Crippen LogP contribution in [0.1, 0.15) is 21.5 Å². The van der Waals surface area contributed by atoms with Crippen molar-refractivity contribution in [1.82, 2.24) is 0 Å². The van der Waals surface area contributed by atoms with Crippen LogP contribution in [0.15, 0.2) is 54.6 Å². The topological polar surface area (TPSA) is 17.1 Å². The van der Waals surface area contributed by atoms with Crippen LogP contribution >= 0.6 is 35.0 Å². The van der Waals surface area contributed by atoms with Gasteiger partial charge in [0.15, 0.2) is 0 Å². The van der Waals surface area contributed by atoms with E-state index < -0.39 is 3.67 Å². The molecule has 0 saturated carbocycles. The second-order valence-electron chi connectivity index (χ2n) is 4.49. The molecule has 0 atom stereocenters. The highest BCUT2D eigenvalue weighted by Gasteiger charge is 2.34. The molecule has 0 aliphatic heterocycles. The number of thioether (sulfide) groups is 1. The van der Waals surface area contributed by atoms with Gasteiger partial charge in [-0.05, 0) is 12.5 Å². The first-order chi connectivity index (χ1) is 9.49. The molecule has 0 unspecified atom stereocenters. The molecule has 0 fully saturated rings. The number of carbonyl (C=O) groups excluding carboxylic acids is 1. The molecule has 0 aliphatic rings. The Morgan fingerprint density at radius 1 is 1.05 bits per heavy atom. The number of alkyl halides is 2. The van der Waals surface area contributed by atoms with Crippen molar-refractivity contribution in [2.24, 2.45) is 0 Å². The second kappa shape index (κ2) is 6.66. The average Bonchev–Trinajstić information content (AvgIpc) is 2.46. The van der Waals surface area contributed by atoms with Gasteiger partial charge in [0.1, 0.15) is 0 Å². The van der Waals surface area contributed by atoms with E-state index in [1.54, 1.807) is 12.1 Å². The molecule has 0 heterocycles. The van der Waals surface area contributed by atoms with E-state index in [9.17, 15) is 4.79 Å². The summed E-state index contributed by atoms with van der Waals surface area (Å²) in [7, 11) is 0. The van der Waals surface area contributed by atoms with Gasteiger partial charge in [0.05, 0.1) is 0 Å². The summed E-state index contributed by atoms with van der Waals surface area (Å²) in [5.41, 5.74) is 2.70. The van der Waals surface area contributed by atoms with Crippen molar-refractivity contribution in [2.75, 3.05) is 0 Å². The van der Waals surface area contributed by atoms with Crippen molar-refractivity contribution in [1.29, 1.82) is 0 Å². The lowest BCUT2D eigenvalue weighted by Gasteiger charge is -2.17. The zero-order valence-electron chi connectivity index (χ0n) is 11.0. The fraction of sp³-hybridized carbons (Fsp3) is 0.188. The lowest BCUT2D eigenvalue weighted by molar-refractivity contribution is 0.0998. The molecule has 2 aromatic carbocycles. The van der Waals surface area contributed by atoms with Crippen molar-refractivity contribution in [2.45, 2.75) is 16.3 Å². The monoisotopic (exact) mass is 324 g/mol. The molecule has 0 radical (unpaired) electrons. The number of hydrogen-bond donors (Lipinski definition) is 0. The Bertz CT molecular complexity index is 579. The zero-order valence-corrected chi connectivity index (χ0v) is 13.3. The maximum Gasteiger partial charge on any atom is 0.226 e. The minimum atomic E-state index is -1.47. The fourth-order valence-corrected chi connectivity index (χ4v) is 3.02. The summed E-state index contributed by atoms with van der Waals surface area (Å²) in [6.45, 7) is 1.97. The molecule has 4 heteroatoms. The number of hydrogen-bond acceptors (Lipinski definition) is 2. The largest absolute Gasteiger partial charge is 0.290 e. The average molecular weight is 325 g/mol. The SMILES string of the molecule is Cc1ccc(C(=O)C(Cl)(Cl)SCc2ccccc2)cc1. The summed E-state index contributed by atoms with van der Waals surface area (Å²) in [4.78, 5) is 12.3. The molecular weight excluding hydrogens is 311 g/mol. The number of halogens is 2. The smallest absolute Gasteiger partial charge is 0.226 e. The van der Waals surface area contributed by atoms with E-state index in [0.29, 0.717) is 11.3 Å². The number of ketones is 1. The van der Waals surface area contributed by atoms with Gasteiger partial charge in [-0.2, -0.15) is 0 Å². The lowest BCUT2D eigenvalue weighted by Crippen LogP contribution is -2.22. The highest BCUT2D eigenvalue weighted by Crippen LogP contribution is 2.39. The Morgan fingerprint density at radius 2 is 1.65 bits per heavy atom. The molecule has 0 N–H and O–H groups in total. The van der Waals surface area contributed by atoms with Crippen LogP contribution in [0.25, 0.3) is 0 Å². The Balaban J connectivity index is 2.05. The lowest BCUT2D eigenvalue weighted by atomic mass is 10.1. The highest BCUT2D eigenvalue weighted by atomic mass is 35.5. The molecule has 0 aliphatic carbocycles. The van der Waals surface area contributed by atoms with E-state index >= 15 is 0 Å². The molecule has 20 heavy (non-hydrogen) atoms. The van der Waals surface area contributed by atoms with E-state index in [4.69, 9.17) is 23.2 Å². The normalized spacial score (nSPS) is 11.3. The minimum Gasteiger partial charge on any atom is -0.290 e. The van der Waals surface area contributed by atoms with Gasteiger partial charge in [0.25, 0.3) is 0 Å². The van der Waals surface area contributed by atoms with E-state index in [0.717, 1.165) is 11.1 Å². The quantitative estimate of drug-likeness (QED) is 0.552. The third-order valence-corrected chi connectivity index (χ3v) is 4.86. The Labute approximate surface area is 133 Å². The second-order valence-corrected chi connectivity index (χ2v) is 7.45. The van der Waals surface area contributed by atoms with Crippen molar-refractivity contribution in [3.05, 3.63) is 71.3 Å². The fourth-order valence-electron chi connectivity index (χ4n) is 1.69. The number of benzene rings is 2. The van der Waals surface area contributed by atoms with Crippen molar-refractivity contribution in [3.63, 3.8) is 0 Å². The van der Waals surface area contributed by atoms with Crippen molar-refractivity contribution >= 4 is 40.7 Å². The summed E-state index contributed by atoms with van der Waals surface area (Å²) in [5.74, 6) is 0.313. The predicted molar refractivity (Wildman–Crippen MR) is 87.7 cm³/mol. The third-order valence-electron chi connectivity index (χ3n) is 2.84. The Kier molecular flexibility index (Phi) is 5.14. The van der Waals surface area contributed by atoms with Crippen LogP contribution in [0, 0.1) is 6.92 Å². The van der Waals surface area contributed by atoms with Crippen molar-refractivity contribution < 1.29 is 4.79 Å². The summed E-state index contributed by atoms with van der Waals surface area (Å²) in [6.07, 6.45) is 0. The molecule has 1 nitrogen and oxygen atoms in total. The summed E-state index contributed by atoms with van der Waals surface area (Å²) in [6, 6.07) is 17.0. The summed E-state index contributed by atoms with van der Waals surface area (Å²) < 4.78 is -1.47. The first kappa shape index (κ1) is 15.4. The van der Waals surface area contributed by atoms with E-state index in [-0.39, 0.29) is 5.78 Å². The predicted octanol–water partition coefficient (Wildman–Crippen LogP) is 5.24. The van der Waals surface area contributed by atoms with Crippen LogP contribution in [0.4, 0.5) is 0 Å². The molecule has 0 saturated heterocycles. The molecule has 0 spiro atoms. The maximum atomic E-state index is 12.3. The Hall–Kier alpha value is -0.960. The van der Waals surface area contributed by atoms with Crippen molar-refractivity contribution in [3.8, 4) is 0 Å². The van der Waals surface area contributed by atoms with Gasteiger partial charge in [-0.25, -0.2) is 0 Å².